The van der Waals surface area contributed by atoms with Crippen LogP contribution in [0.2, 0.25) is 0 Å². The van der Waals surface area contributed by atoms with Gasteiger partial charge in [-0.15, -0.1) is 0 Å². The van der Waals surface area contributed by atoms with Gasteiger partial charge in [-0.05, 0) is 49.4 Å². The molecule has 2 aromatic rings. The molecule has 4 rings (SSSR count). The number of nitrogens with zero attached hydrogens (tertiary/aromatic N) is 3. The standard InChI is InChI=1S/C27H30F3N3O2/c1-2-35-19-26-17-32(25(34)11-8-20-6-4-3-5-7-20)13-12-22(26)16-33(18-26)23-10-9-21(15-31)24(14-23)27(28,29)30/h3-7,9-10,14,22H,2,8,11-13,16-19H2,1H3/t22-,26+/m0/s1. The Kier molecular flexibility index (Phi) is 7.36. The summed E-state index contributed by atoms with van der Waals surface area (Å²) in [4.78, 5) is 16.9. The summed E-state index contributed by atoms with van der Waals surface area (Å²) in [7, 11) is 0. The van der Waals surface area contributed by atoms with Gasteiger partial charge in [0.25, 0.3) is 0 Å². The number of nitriles is 1. The first-order chi connectivity index (χ1) is 16.8. The van der Waals surface area contributed by atoms with E-state index >= 15 is 0 Å². The number of carbonyl (C=O) groups excluding carboxylic acids is 1. The minimum Gasteiger partial charge on any atom is -0.381 e. The average Bonchev–Trinajstić information content (AvgIpc) is 3.25. The Labute approximate surface area is 204 Å². The first kappa shape index (κ1) is 25.1. The molecule has 0 saturated carbocycles. The number of ether oxygens (including phenoxy) is 1. The molecule has 0 bridgehead atoms. The highest BCUT2D eigenvalue weighted by atomic mass is 19.4. The highest BCUT2D eigenvalue weighted by Crippen LogP contribution is 2.45. The second-order valence-electron chi connectivity index (χ2n) is 9.51. The van der Waals surface area contributed by atoms with Crippen molar-refractivity contribution in [3.05, 3.63) is 65.2 Å². The van der Waals surface area contributed by atoms with Crippen molar-refractivity contribution in [3.63, 3.8) is 0 Å². The highest BCUT2D eigenvalue weighted by Gasteiger charge is 2.51. The van der Waals surface area contributed by atoms with Crippen molar-refractivity contribution >= 4 is 11.6 Å². The number of fused-ring (bicyclic) bond motifs is 1. The molecule has 1 amide bonds. The Hall–Kier alpha value is -3.05. The Morgan fingerprint density at radius 2 is 1.97 bits per heavy atom. The van der Waals surface area contributed by atoms with E-state index in [-0.39, 0.29) is 22.8 Å². The lowest BCUT2D eigenvalue weighted by atomic mass is 9.74. The first-order valence-electron chi connectivity index (χ1n) is 12.0. The number of piperidine rings is 1. The van der Waals surface area contributed by atoms with Crippen LogP contribution < -0.4 is 4.90 Å². The average molecular weight is 486 g/mol. The Morgan fingerprint density at radius 1 is 1.20 bits per heavy atom. The maximum absolute atomic E-state index is 13.5. The molecule has 0 aromatic heterocycles. The Bertz CT molecular complexity index is 1080. The predicted octanol–water partition coefficient (Wildman–Crippen LogP) is 4.90. The zero-order valence-electron chi connectivity index (χ0n) is 19.9. The second-order valence-corrected chi connectivity index (χ2v) is 9.51. The molecule has 35 heavy (non-hydrogen) atoms. The number of halogens is 3. The molecule has 2 atom stereocenters. The van der Waals surface area contributed by atoms with Gasteiger partial charge in [-0.2, -0.15) is 18.4 Å². The van der Waals surface area contributed by atoms with Gasteiger partial charge in [0, 0.05) is 50.3 Å². The second kappa shape index (κ2) is 10.3. The normalized spacial score (nSPS) is 22.1. The maximum Gasteiger partial charge on any atom is 0.417 e. The summed E-state index contributed by atoms with van der Waals surface area (Å²) < 4.78 is 46.5. The fourth-order valence-corrected chi connectivity index (χ4v) is 5.42. The minimum atomic E-state index is -4.60. The molecule has 186 valence electrons. The summed E-state index contributed by atoms with van der Waals surface area (Å²) in [6.45, 7) is 5.18. The molecule has 2 aromatic carbocycles. The number of hydrogen-bond donors (Lipinski definition) is 0. The molecule has 8 heteroatoms. The number of benzene rings is 2. The number of hydrogen-bond acceptors (Lipinski definition) is 4. The van der Waals surface area contributed by atoms with Gasteiger partial charge in [-0.3, -0.25) is 4.79 Å². The van der Waals surface area contributed by atoms with Crippen LogP contribution in [0.4, 0.5) is 18.9 Å². The zero-order chi connectivity index (χ0) is 25.1. The maximum atomic E-state index is 13.5. The van der Waals surface area contributed by atoms with Gasteiger partial charge >= 0.3 is 6.18 Å². The quantitative estimate of drug-likeness (QED) is 0.560. The van der Waals surface area contributed by atoms with E-state index in [0.717, 1.165) is 18.1 Å². The predicted molar refractivity (Wildman–Crippen MR) is 127 cm³/mol. The topological polar surface area (TPSA) is 56.6 Å². The summed E-state index contributed by atoms with van der Waals surface area (Å²) in [5.41, 5.74) is -0.0687. The third kappa shape index (κ3) is 5.46. The van der Waals surface area contributed by atoms with Crippen LogP contribution in [0, 0.1) is 22.7 Å². The molecular weight excluding hydrogens is 455 g/mol. The number of amides is 1. The van der Waals surface area contributed by atoms with Crippen LogP contribution in [0.5, 0.6) is 0 Å². The van der Waals surface area contributed by atoms with Crippen LogP contribution in [0.3, 0.4) is 0 Å². The molecule has 2 aliphatic rings. The van der Waals surface area contributed by atoms with Crippen LogP contribution in [0.25, 0.3) is 0 Å². The van der Waals surface area contributed by atoms with Crippen LogP contribution in [0.1, 0.15) is 36.5 Å². The van der Waals surface area contributed by atoms with E-state index in [1.54, 1.807) is 12.1 Å². The van der Waals surface area contributed by atoms with Crippen molar-refractivity contribution < 1.29 is 22.7 Å². The zero-order valence-corrected chi connectivity index (χ0v) is 19.9. The Balaban J connectivity index is 1.52. The third-order valence-electron chi connectivity index (χ3n) is 7.28. The van der Waals surface area contributed by atoms with Gasteiger partial charge in [0.1, 0.15) is 0 Å². The van der Waals surface area contributed by atoms with E-state index in [1.807, 2.05) is 47.1 Å². The molecule has 0 spiro atoms. The van der Waals surface area contributed by atoms with Crippen LogP contribution >= 0.6 is 0 Å². The van der Waals surface area contributed by atoms with Crippen molar-refractivity contribution in [2.45, 2.75) is 32.4 Å². The molecular formula is C27H30F3N3O2. The van der Waals surface area contributed by atoms with Gasteiger partial charge < -0.3 is 14.5 Å². The number of rotatable bonds is 7. The fraction of sp³-hybridized carbons (Fsp3) is 0.481. The minimum absolute atomic E-state index is 0.0966. The number of likely N-dealkylation sites (tertiary alicyclic amines) is 1. The van der Waals surface area contributed by atoms with Crippen molar-refractivity contribution in [1.82, 2.24) is 4.90 Å². The highest BCUT2D eigenvalue weighted by molar-refractivity contribution is 5.76. The third-order valence-corrected chi connectivity index (χ3v) is 7.28. The lowest BCUT2D eigenvalue weighted by molar-refractivity contribution is -0.138. The number of aryl methyl sites for hydroxylation is 1. The smallest absolute Gasteiger partial charge is 0.381 e. The lowest BCUT2D eigenvalue weighted by Gasteiger charge is -2.44. The molecule has 0 aliphatic carbocycles. The van der Waals surface area contributed by atoms with E-state index in [2.05, 4.69) is 0 Å². The molecule has 2 saturated heterocycles. The van der Waals surface area contributed by atoms with E-state index in [9.17, 15) is 18.0 Å². The number of alkyl halides is 3. The van der Waals surface area contributed by atoms with Crippen LogP contribution in [-0.2, 0) is 22.1 Å². The van der Waals surface area contributed by atoms with Gasteiger partial charge in [0.2, 0.25) is 5.91 Å². The molecule has 2 heterocycles. The molecule has 2 fully saturated rings. The van der Waals surface area contributed by atoms with Gasteiger partial charge in [0.05, 0.1) is 23.8 Å². The van der Waals surface area contributed by atoms with Crippen molar-refractivity contribution in [2.24, 2.45) is 11.3 Å². The molecule has 0 N–H and O–H groups in total. The van der Waals surface area contributed by atoms with Crippen molar-refractivity contribution in [3.8, 4) is 6.07 Å². The molecule has 0 unspecified atom stereocenters. The summed E-state index contributed by atoms with van der Waals surface area (Å²) in [6.07, 6.45) is -2.72. The summed E-state index contributed by atoms with van der Waals surface area (Å²) in [5, 5.41) is 9.12. The molecule has 2 aliphatic heterocycles. The molecule has 5 nitrogen and oxygen atoms in total. The van der Waals surface area contributed by atoms with E-state index in [1.165, 1.54) is 6.07 Å². The summed E-state index contributed by atoms with van der Waals surface area (Å²) >= 11 is 0. The van der Waals surface area contributed by atoms with Crippen molar-refractivity contribution in [2.75, 3.05) is 44.3 Å². The van der Waals surface area contributed by atoms with E-state index in [4.69, 9.17) is 10.00 Å². The number of anilines is 1. The molecule has 0 radical (unpaired) electrons. The van der Waals surface area contributed by atoms with Crippen LogP contribution in [-0.4, -0.2) is 50.2 Å². The van der Waals surface area contributed by atoms with E-state index < -0.39 is 11.7 Å². The monoisotopic (exact) mass is 485 g/mol. The van der Waals surface area contributed by atoms with Gasteiger partial charge in [0.15, 0.2) is 0 Å². The van der Waals surface area contributed by atoms with Crippen molar-refractivity contribution in [1.29, 1.82) is 5.26 Å². The number of carbonyl (C=O) groups is 1. The Morgan fingerprint density at radius 3 is 2.66 bits per heavy atom. The summed E-state index contributed by atoms with van der Waals surface area (Å²) in [5.74, 6) is 0.302. The van der Waals surface area contributed by atoms with E-state index in [0.29, 0.717) is 57.9 Å². The van der Waals surface area contributed by atoms with Gasteiger partial charge in [-0.25, -0.2) is 0 Å². The fourth-order valence-electron chi connectivity index (χ4n) is 5.42. The summed E-state index contributed by atoms with van der Waals surface area (Å²) in [6, 6.07) is 15.4. The first-order valence-corrected chi connectivity index (χ1v) is 12.0. The van der Waals surface area contributed by atoms with Crippen LogP contribution in [0.15, 0.2) is 48.5 Å². The SMILES string of the molecule is CCOC[C@]12CN(C(=O)CCc3ccccc3)CC[C@H]1CN(c1ccc(C#N)c(C(F)(F)F)c1)C2. The largest absolute Gasteiger partial charge is 0.417 e. The lowest BCUT2D eigenvalue weighted by Crippen LogP contribution is -2.53. The van der Waals surface area contributed by atoms with Gasteiger partial charge in [-0.1, -0.05) is 30.3 Å².